The van der Waals surface area contributed by atoms with Crippen LogP contribution >= 0.6 is 11.6 Å². The molecule has 0 aliphatic carbocycles. The number of amides is 1. The smallest absolute Gasteiger partial charge is 0.265 e. The molecule has 1 aliphatic rings. The quantitative estimate of drug-likeness (QED) is 0.429. The molecule has 1 aromatic heterocycles. The van der Waals surface area contributed by atoms with E-state index in [0.717, 1.165) is 22.4 Å². The minimum Gasteiger partial charge on any atom is -0.265 e. The largest absolute Gasteiger partial charge is 0.294 e. The van der Waals surface area contributed by atoms with Crippen LogP contribution < -0.4 is 0 Å². The van der Waals surface area contributed by atoms with Crippen molar-refractivity contribution in [2.75, 3.05) is 0 Å². The number of halogens is 1. The summed E-state index contributed by atoms with van der Waals surface area (Å²) in [6.07, 6.45) is 2.13. The Bertz CT molecular complexity index is 1300. The van der Waals surface area contributed by atoms with Gasteiger partial charge in [0.25, 0.3) is 5.91 Å². The Labute approximate surface area is 185 Å². The van der Waals surface area contributed by atoms with Crippen molar-refractivity contribution in [1.82, 2.24) is 15.0 Å². The van der Waals surface area contributed by atoms with Crippen molar-refractivity contribution in [2.24, 2.45) is 5.10 Å². The number of carbonyl (C=O) groups is 1. The van der Waals surface area contributed by atoms with Crippen molar-refractivity contribution < 1.29 is 4.79 Å². The maximum atomic E-state index is 13.5. The van der Waals surface area contributed by atoms with E-state index in [1.165, 1.54) is 16.8 Å². The van der Waals surface area contributed by atoms with Crippen molar-refractivity contribution in [3.05, 3.63) is 106 Å². The first-order chi connectivity index (χ1) is 15.1. The minimum absolute atomic E-state index is 0.216. The number of aryl methyl sites for hydroxylation is 1. The highest BCUT2D eigenvalue weighted by atomic mass is 35.5. The Morgan fingerprint density at radius 3 is 2.42 bits per heavy atom. The molecule has 4 aromatic rings. The fraction of sp³-hybridized carbons (Fsp3) is 0.120. The van der Waals surface area contributed by atoms with Crippen LogP contribution in [0, 0.1) is 6.92 Å². The van der Waals surface area contributed by atoms with Crippen molar-refractivity contribution in [2.45, 2.75) is 19.4 Å². The molecule has 1 atom stereocenters. The third-order valence-corrected chi connectivity index (χ3v) is 5.68. The van der Waals surface area contributed by atoms with Crippen LogP contribution in [0.25, 0.3) is 11.0 Å². The van der Waals surface area contributed by atoms with E-state index in [2.05, 4.69) is 9.97 Å². The molecule has 0 saturated carbocycles. The summed E-state index contributed by atoms with van der Waals surface area (Å²) < 4.78 is 0. The van der Waals surface area contributed by atoms with Crippen LogP contribution in [0.1, 0.15) is 39.6 Å². The molecular weight excluding hydrogens is 408 g/mol. The molecule has 1 aliphatic heterocycles. The van der Waals surface area contributed by atoms with E-state index >= 15 is 0 Å². The number of carbonyl (C=O) groups excluding carboxylic acids is 1. The van der Waals surface area contributed by atoms with E-state index in [1.54, 1.807) is 0 Å². The molecule has 1 unspecified atom stereocenters. The summed E-state index contributed by atoms with van der Waals surface area (Å²) in [6, 6.07) is 23.0. The van der Waals surface area contributed by atoms with Crippen molar-refractivity contribution >= 4 is 34.3 Å². The summed E-state index contributed by atoms with van der Waals surface area (Å²) >= 11 is 6.04. The average Bonchev–Trinajstić information content (AvgIpc) is 3.24. The predicted octanol–water partition coefficient (Wildman–Crippen LogP) is 5.58. The first-order valence-corrected chi connectivity index (χ1v) is 10.4. The van der Waals surface area contributed by atoms with Crippen molar-refractivity contribution in [3.8, 4) is 0 Å². The van der Waals surface area contributed by atoms with E-state index in [1.807, 2.05) is 79.7 Å². The van der Waals surface area contributed by atoms with Gasteiger partial charge in [0.05, 0.1) is 29.0 Å². The van der Waals surface area contributed by atoms with E-state index in [0.29, 0.717) is 17.0 Å². The monoisotopic (exact) mass is 426 g/mol. The highest BCUT2D eigenvalue weighted by Gasteiger charge is 2.34. The number of hydrogen-bond donors (Lipinski definition) is 0. The lowest BCUT2D eigenvalue weighted by atomic mass is 9.97. The molecule has 0 bridgehead atoms. The Morgan fingerprint density at radius 1 is 0.968 bits per heavy atom. The van der Waals surface area contributed by atoms with E-state index in [4.69, 9.17) is 16.7 Å². The normalized spacial score (nSPS) is 15.9. The second-order valence-electron chi connectivity index (χ2n) is 7.58. The SMILES string of the molecule is Cc1ccc(C2CC(c3ccc(Cl)cc3)=NN2C(=O)c2cnc3ccccc3n2)cc1. The van der Waals surface area contributed by atoms with Gasteiger partial charge >= 0.3 is 0 Å². The maximum absolute atomic E-state index is 13.5. The number of hydrogen-bond acceptors (Lipinski definition) is 4. The first-order valence-electron chi connectivity index (χ1n) is 10.0. The number of nitrogens with zero attached hydrogens (tertiary/aromatic N) is 4. The zero-order valence-corrected chi connectivity index (χ0v) is 17.6. The fourth-order valence-electron chi connectivity index (χ4n) is 3.74. The molecule has 0 fully saturated rings. The molecule has 31 heavy (non-hydrogen) atoms. The zero-order chi connectivity index (χ0) is 21.4. The molecule has 5 nitrogen and oxygen atoms in total. The van der Waals surface area contributed by atoms with Gasteiger partial charge < -0.3 is 0 Å². The lowest BCUT2D eigenvalue weighted by molar-refractivity contribution is 0.0705. The van der Waals surface area contributed by atoms with Gasteiger partial charge in [-0.05, 0) is 42.3 Å². The zero-order valence-electron chi connectivity index (χ0n) is 16.9. The fourth-order valence-corrected chi connectivity index (χ4v) is 3.87. The maximum Gasteiger partial charge on any atom is 0.294 e. The second-order valence-corrected chi connectivity index (χ2v) is 8.01. The predicted molar refractivity (Wildman–Crippen MR) is 122 cm³/mol. The number of para-hydroxylation sites is 2. The Morgan fingerprint density at radius 2 is 1.68 bits per heavy atom. The van der Waals surface area contributed by atoms with Gasteiger partial charge in [-0.1, -0.05) is 65.7 Å². The Kier molecular flexibility index (Phi) is 4.96. The summed E-state index contributed by atoms with van der Waals surface area (Å²) in [4.78, 5) is 22.4. The van der Waals surface area contributed by atoms with Crippen LogP contribution in [0.5, 0.6) is 0 Å². The van der Waals surface area contributed by atoms with Gasteiger partial charge in [-0.2, -0.15) is 5.10 Å². The lowest BCUT2D eigenvalue weighted by Crippen LogP contribution is -2.28. The Hall–Kier alpha value is -3.57. The van der Waals surface area contributed by atoms with Crippen LogP contribution in [0.2, 0.25) is 5.02 Å². The van der Waals surface area contributed by atoms with Gasteiger partial charge in [0, 0.05) is 11.4 Å². The number of benzene rings is 3. The molecule has 3 aromatic carbocycles. The summed E-state index contributed by atoms with van der Waals surface area (Å²) in [5.74, 6) is -0.271. The molecule has 0 radical (unpaired) electrons. The molecule has 0 N–H and O–H groups in total. The van der Waals surface area contributed by atoms with Crippen LogP contribution in [-0.4, -0.2) is 26.6 Å². The molecule has 1 amide bonds. The average molecular weight is 427 g/mol. The summed E-state index contributed by atoms with van der Waals surface area (Å²) in [7, 11) is 0. The van der Waals surface area contributed by atoms with Gasteiger partial charge in [0.15, 0.2) is 0 Å². The molecule has 5 rings (SSSR count). The summed E-state index contributed by atoms with van der Waals surface area (Å²) in [5.41, 5.74) is 5.68. The van der Waals surface area contributed by atoms with Gasteiger partial charge in [0.2, 0.25) is 0 Å². The van der Waals surface area contributed by atoms with Gasteiger partial charge in [-0.15, -0.1) is 0 Å². The standard InChI is InChI=1S/C25H19ClN4O/c1-16-6-8-18(9-7-16)24-14-22(17-10-12-19(26)13-11-17)29-30(24)25(31)23-15-27-20-4-2-3-5-21(20)28-23/h2-13,15,24H,14H2,1H3. The third kappa shape index (κ3) is 3.80. The van der Waals surface area contributed by atoms with E-state index in [9.17, 15) is 4.79 Å². The van der Waals surface area contributed by atoms with Gasteiger partial charge in [-0.25, -0.2) is 9.99 Å². The number of fused-ring (bicyclic) bond motifs is 1. The molecule has 152 valence electrons. The lowest BCUT2D eigenvalue weighted by Gasteiger charge is -2.22. The minimum atomic E-state index is -0.271. The number of rotatable bonds is 3. The van der Waals surface area contributed by atoms with Crippen LogP contribution in [0.3, 0.4) is 0 Å². The van der Waals surface area contributed by atoms with Crippen molar-refractivity contribution in [1.29, 1.82) is 0 Å². The highest BCUT2D eigenvalue weighted by Crippen LogP contribution is 2.34. The third-order valence-electron chi connectivity index (χ3n) is 5.43. The Balaban J connectivity index is 1.55. The molecule has 0 saturated heterocycles. The molecule has 0 spiro atoms. The topological polar surface area (TPSA) is 58.5 Å². The summed E-state index contributed by atoms with van der Waals surface area (Å²) in [6.45, 7) is 2.04. The van der Waals surface area contributed by atoms with Crippen LogP contribution in [0.15, 0.2) is 84.1 Å². The van der Waals surface area contributed by atoms with E-state index < -0.39 is 0 Å². The van der Waals surface area contributed by atoms with Gasteiger partial charge in [-0.3, -0.25) is 9.78 Å². The first kappa shape index (κ1) is 19.4. The number of hydrazone groups is 1. The second kappa shape index (κ2) is 7.93. The molecule has 2 heterocycles. The number of aromatic nitrogens is 2. The van der Waals surface area contributed by atoms with Gasteiger partial charge in [0.1, 0.15) is 5.69 Å². The summed E-state index contributed by atoms with van der Waals surface area (Å²) in [5, 5.41) is 6.91. The molecule has 6 heteroatoms. The van der Waals surface area contributed by atoms with E-state index in [-0.39, 0.29) is 17.6 Å². The molecular formula is C25H19ClN4O. The van der Waals surface area contributed by atoms with Crippen LogP contribution in [0.4, 0.5) is 0 Å². The van der Waals surface area contributed by atoms with Crippen molar-refractivity contribution in [3.63, 3.8) is 0 Å². The van der Waals surface area contributed by atoms with Crippen LogP contribution in [-0.2, 0) is 0 Å². The highest BCUT2D eigenvalue weighted by molar-refractivity contribution is 6.30.